The minimum Gasteiger partial charge on any atom is -0.390 e. The van der Waals surface area contributed by atoms with Gasteiger partial charge in [0, 0.05) is 18.3 Å². The van der Waals surface area contributed by atoms with Gasteiger partial charge in [0.2, 0.25) is 0 Å². The van der Waals surface area contributed by atoms with Crippen LogP contribution < -0.4 is 0 Å². The van der Waals surface area contributed by atoms with Gasteiger partial charge in [0.25, 0.3) is 0 Å². The van der Waals surface area contributed by atoms with Gasteiger partial charge in [-0.25, -0.2) is 0 Å². The van der Waals surface area contributed by atoms with Gasteiger partial charge in [-0.3, -0.25) is 4.98 Å². The van der Waals surface area contributed by atoms with Crippen LogP contribution in [0.1, 0.15) is 19.5 Å². The zero-order valence-electron chi connectivity index (χ0n) is 7.21. The highest BCUT2D eigenvalue weighted by molar-refractivity contribution is 6.30. The summed E-state index contributed by atoms with van der Waals surface area (Å²) in [6, 6.07) is 3.59. The summed E-state index contributed by atoms with van der Waals surface area (Å²) in [5.41, 5.74) is 0.146. The van der Waals surface area contributed by atoms with E-state index in [1.807, 2.05) is 6.07 Å². The molecule has 0 bridgehead atoms. The van der Waals surface area contributed by atoms with Gasteiger partial charge in [-0.15, -0.1) is 0 Å². The molecule has 0 saturated carbocycles. The van der Waals surface area contributed by atoms with Crippen LogP contribution in [0.2, 0.25) is 5.02 Å². The van der Waals surface area contributed by atoms with E-state index in [2.05, 4.69) is 4.98 Å². The molecule has 0 aromatic carbocycles. The fraction of sp³-hybridized carbons (Fsp3) is 0.444. The molecule has 12 heavy (non-hydrogen) atoms. The smallest absolute Gasteiger partial charge is 0.0647 e. The van der Waals surface area contributed by atoms with Crippen molar-refractivity contribution in [2.45, 2.75) is 25.9 Å². The fourth-order valence-electron chi connectivity index (χ4n) is 0.954. The summed E-state index contributed by atoms with van der Waals surface area (Å²) in [6.07, 6.45) is 2.13. The van der Waals surface area contributed by atoms with E-state index in [-0.39, 0.29) is 0 Å². The lowest BCUT2D eigenvalue weighted by Gasteiger charge is -2.15. The number of aliphatic hydroxyl groups is 1. The normalized spacial score (nSPS) is 11.7. The Balaban J connectivity index is 2.71. The molecule has 0 aliphatic rings. The second-order valence-electron chi connectivity index (χ2n) is 3.46. The molecular weight excluding hydrogens is 174 g/mol. The molecule has 1 N–H and O–H groups in total. The number of nitrogens with zero attached hydrogens (tertiary/aromatic N) is 1. The van der Waals surface area contributed by atoms with Gasteiger partial charge in [0.05, 0.1) is 10.6 Å². The van der Waals surface area contributed by atoms with E-state index in [9.17, 15) is 5.11 Å². The molecule has 0 spiro atoms. The molecule has 0 saturated heterocycles. The number of hydrogen-bond acceptors (Lipinski definition) is 2. The minimum atomic E-state index is -0.708. The summed E-state index contributed by atoms with van der Waals surface area (Å²) in [7, 11) is 0. The van der Waals surface area contributed by atoms with Crippen molar-refractivity contribution in [3.05, 3.63) is 29.0 Å². The summed E-state index contributed by atoms with van der Waals surface area (Å²) in [4.78, 5) is 4.07. The van der Waals surface area contributed by atoms with Crippen molar-refractivity contribution in [3.63, 3.8) is 0 Å². The Morgan fingerprint density at radius 1 is 1.50 bits per heavy atom. The van der Waals surface area contributed by atoms with Crippen LogP contribution in [0.25, 0.3) is 0 Å². The number of hydrogen-bond donors (Lipinski definition) is 1. The lowest BCUT2D eigenvalue weighted by atomic mass is 10.0. The predicted molar refractivity (Wildman–Crippen MR) is 49.2 cm³/mol. The van der Waals surface area contributed by atoms with Gasteiger partial charge in [-0.05, 0) is 26.0 Å². The van der Waals surface area contributed by atoms with Gasteiger partial charge >= 0.3 is 0 Å². The Kier molecular flexibility index (Phi) is 2.70. The first-order valence-electron chi connectivity index (χ1n) is 3.80. The molecule has 3 heteroatoms. The van der Waals surface area contributed by atoms with Gasteiger partial charge in [-0.2, -0.15) is 0 Å². The third-order valence-electron chi connectivity index (χ3n) is 1.40. The number of halogens is 1. The molecule has 0 radical (unpaired) electrons. The van der Waals surface area contributed by atoms with E-state index >= 15 is 0 Å². The standard InChI is InChI=1S/C9H12ClNO/c1-9(2,12)5-8-4-3-7(10)6-11-8/h3-4,6,12H,5H2,1-2H3. The summed E-state index contributed by atoms with van der Waals surface area (Å²) in [6.45, 7) is 3.51. The molecule has 66 valence electrons. The average Bonchev–Trinajstić information content (AvgIpc) is 1.91. The van der Waals surface area contributed by atoms with Gasteiger partial charge in [0.15, 0.2) is 0 Å². The van der Waals surface area contributed by atoms with Crippen LogP contribution in [0, 0.1) is 0 Å². The maximum atomic E-state index is 9.47. The van der Waals surface area contributed by atoms with Crippen molar-refractivity contribution in [1.82, 2.24) is 4.98 Å². The second-order valence-corrected chi connectivity index (χ2v) is 3.89. The number of rotatable bonds is 2. The van der Waals surface area contributed by atoms with Crippen LogP contribution in [0.3, 0.4) is 0 Å². The van der Waals surface area contributed by atoms with Crippen molar-refractivity contribution >= 4 is 11.6 Å². The third kappa shape index (κ3) is 3.20. The Morgan fingerprint density at radius 3 is 2.58 bits per heavy atom. The molecule has 0 aliphatic heterocycles. The van der Waals surface area contributed by atoms with Crippen molar-refractivity contribution in [1.29, 1.82) is 0 Å². The van der Waals surface area contributed by atoms with E-state index in [1.165, 1.54) is 0 Å². The molecule has 0 atom stereocenters. The minimum absolute atomic E-state index is 0.546. The Morgan fingerprint density at radius 2 is 2.17 bits per heavy atom. The van der Waals surface area contributed by atoms with Crippen molar-refractivity contribution in [2.24, 2.45) is 0 Å². The maximum absolute atomic E-state index is 9.47. The Bertz CT molecular complexity index is 250. The largest absolute Gasteiger partial charge is 0.390 e. The molecule has 0 amide bonds. The highest BCUT2D eigenvalue weighted by Gasteiger charge is 2.13. The zero-order valence-corrected chi connectivity index (χ0v) is 7.97. The van der Waals surface area contributed by atoms with Crippen molar-refractivity contribution < 1.29 is 5.11 Å². The predicted octanol–water partition coefficient (Wildman–Crippen LogP) is 2.05. The highest BCUT2D eigenvalue weighted by atomic mass is 35.5. The average molecular weight is 186 g/mol. The van der Waals surface area contributed by atoms with E-state index < -0.39 is 5.60 Å². The molecule has 0 fully saturated rings. The summed E-state index contributed by atoms with van der Waals surface area (Å²) < 4.78 is 0. The molecule has 0 aliphatic carbocycles. The van der Waals surface area contributed by atoms with Crippen LogP contribution in [0.5, 0.6) is 0 Å². The van der Waals surface area contributed by atoms with Crippen LogP contribution >= 0.6 is 11.6 Å². The van der Waals surface area contributed by atoms with Crippen LogP contribution in [-0.2, 0) is 6.42 Å². The molecule has 2 nitrogen and oxygen atoms in total. The fourth-order valence-corrected chi connectivity index (χ4v) is 1.07. The maximum Gasteiger partial charge on any atom is 0.0647 e. The quantitative estimate of drug-likeness (QED) is 0.765. The molecule has 1 heterocycles. The van der Waals surface area contributed by atoms with Gasteiger partial charge in [0.1, 0.15) is 0 Å². The second kappa shape index (κ2) is 3.42. The molecular formula is C9H12ClNO. The topological polar surface area (TPSA) is 33.1 Å². The van der Waals surface area contributed by atoms with Crippen LogP contribution in [0.15, 0.2) is 18.3 Å². The summed E-state index contributed by atoms with van der Waals surface area (Å²) >= 11 is 5.66. The first-order valence-corrected chi connectivity index (χ1v) is 4.18. The van der Waals surface area contributed by atoms with E-state index in [4.69, 9.17) is 11.6 Å². The zero-order chi connectivity index (χ0) is 9.19. The van der Waals surface area contributed by atoms with Crippen LogP contribution in [-0.4, -0.2) is 15.7 Å². The third-order valence-corrected chi connectivity index (χ3v) is 1.63. The Hall–Kier alpha value is -0.600. The number of pyridine rings is 1. The molecule has 1 aromatic heterocycles. The monoisotopic (exact) mass is 185 g/mol. The SMILES string of the molecule is CC(C)(O)Cc1ccc(Cl)cn1. The lowest BCUT2D eigenvalue weighted by molar-refractivity contribution is 0.0799. The molecule has 0 unspecified atom stereocenters. The van der Waals surface area contributed by atoms with Crippen LogP contribution in [0.4, 0.5) is 0 Å². The van der Waals surface area contributed by atoms with E-state index in [1.54, 1.807) is 26.1 Å². The first kappa shape index (κ1) is 9.49. The summed E-state index contributed by atoms with van der Waals surface area (Å²) in [5.74, 6) is 0. The lowest BCUT2D eigenvalue weighted by Crippen LogP contribution is -2.22. The van der Waals surface area contributed by atoms with E-state index in [0.29, 0.717) is 11.4 Å². The molecule has 1 aromatic rings. The van der Waals surface area contributed by atoms with Crippen molar-refractivity contribution in [3.8, 4) is 0 Å². The van der Waals surface area contributed by atoms with Crippen molar-refractivity contribution in [2.75, 3.05) is 0 Å². The number of aromatic nitrogens is 1. The summed E-state index contributed by atoms with van der Waals surface area (Å²) in [5, 5.41) is 10.1. The van der Waals surface area contributed by atoms with E-state index in [0.717, 1.165) is 5.69 Å². The highest BCUT2D eigenvalue weighted by Crippen LogP contribution is 2.12. The molecule has 1 rings (SSSR count). The first-order chi connectivity index (χ1) is 5.47. The Labute approximate surface area is 77.2 Å². The van der Waals surface area contributed by atoms with Gasteiger partial charge < -0.3 is 5.11 Å². The van der Waals surface area contributed by atoms with Gasteiger partial charge in [-0.1, -0.05) is 11.6 Å².